The van der Waals surface area contributed by atoms with E-state index in [2.05, 4.69) is 12.2 Å². The Kier molecular flexibility index (Phi) is 5.90. The van der Waals surface area contributed by atoms with Gasteiger partial charge in [-0.25, -0.2) is 4.98 Å². The average Bonchev–Trinajstić information content (AvgIpc) is 2.73. The third-order valence-corrected chi connectivity index (χ3v) is 6.87. The van der Waals surface area contributed by atoms with Gasteiger partial charge >= 0.3 is 0 Å². The van der Waals surface area contributed by atoms with Crippen molar-refractivity contribution in [2.24, 2.45) is 5.92 Å². The molecule has 0 bridgehead atoms. The second-order valence-corrected chi connectivity index (χ2v) is 8.83. The number of nitrogens with zero attached hydrogens (tertiary/aromatic N) is 2. The SMILES string of the molecule is CCn1c(SCC(=O)N[C@H]2CCCC[C@H]2C)nc2cc3ccccc3cc2c1=O. The number of thioether (sulfide) groups is 1. The van der Waals surface area contributed by atoms with E-state index in [1.54, 1.807) is 4.57 Å². The van der Waals surface area contributed by atoms with Crippen LogP contribution in [0.25, 0.3) is 21.7 Å². The molecule has 2 aromatic carbocycles. The zero-order valence-corrected chi connectivity index (χ0v) is 17.8. The second-order valence-electron chi connectivity index (χ2n) is 7.88. The van der Waals surface area contributed by atoms with E-state index in [4.69, 9.17) is 4.98 Å². The lowest BCUT2D eigenvalue weighted by Crippen LogP contribution is -2.41. The Bertz CT molecular complexity index is 1110. The average molecular weight is 410 g/mol. The molecular weight excluding hydrogens is 382 g/mol. The summed E-state index contributed by atoms with van der Waals surface area (Å²) in [5.74, 6) is 0.817. The van der Waals surface area contributed by atoms with Crippen LogP contribution in [0.5, 0.6) is 0 Å². The molecule has 5 nitrogen and oxygen atoms in total. The molecule has 1 N–H and O–H groups in total. The van der Waals surface area contributed by atoms with Crippen molar-refractivity contribution in [2.45, 2.75) is 57.3 Å². The molecule has 29 heavy (non-hydrogen) atoms. The Morgan fingerprint density at radius 2 is 1.93 bits per heavy atom. The first-order chi connectivity index (χ1) is 14.1. The lowest BCUT2D eigenvalue weighted by atomic mass is 9.86. The lowest BCUT2D eigenvalue weighted by molar-refractivity contribution is -0.119. The predicted molar refractivity (Wildman–Crippen MR) is 119 cm³/mol. The smallest absolute Gasteiger partial charge is 0.262 e. The Labute approximate surface area is 174 Å². The van der Waals surface area contributed by atoms with E-state index in [9.17, 15) is 9.59 Å². The van der Waals surface area contributed by atoms with Crippen molar-refractivity contribution in [3.8, 4) is 0 Å². The van der Waals surface area contributed by atoms with E-state index in [1.807, 2.05) is 43.3 Å². The molecule has 6 heteroatoms. The minimum absolute atomic E-state index is 0.0178. The van der Waals surface area contributed by atoms with Crippen molar-refractivity contribution >= 4 is 39.3 Å². The molecule has 1 fully saturated rings. The fraction of sp³-hybridized carbons (Fsp3) is 0.435. The molecule has 0 unspecified atom stereocenters. The first kappa shape index (κ1) is 20.0. The summed E-state index contributed by atoms with van der Waals surface area (Å²) in [5.41, 5.74) is 0.634. The summed E-state index contributed by atoms with van der Waals surface area (Å²) < 4.78 is 1.66. The molecule has 0 radical (unpaired) electrons. The van der Waals surface area contributed by atoms with E-state index in [0.29, 0.717) is 28.5 Å². The highest BCUT2D eigenvalue weighted by molar-refractivity contribution is 7.99. The standard InChI is InChI=1S/C23H27N3O2S/c1-3-26-22(28)18-12-16-9-5-6-10-17(16)13-20(18)25-23(26)29-14-21(27)24-19-11-7-4-8-15(19)2/h5-6,9-10,12-13,15,19H,3-4,7-8,11,14H2,1-2H3,(H,24,27)/t15-,19+/m1/s1. The first-order valence-corrected chi connectivity index (χ1v) is 11.4. The molecule has 1 aliphatic carbocycles. The minimum Gasteiger partial charge on any atom is -0.352 e. The van der Waals surface area contributed by atoms with Gasteiger partial charge in [-0.1, -0.05) is 55.8 Å². The highest BCUT2D eigenvalue weighted by atomic mass is 32.2. The molecule has 1 saturated carbocycles. The summed E-state index contributed by atoms with van der Waals surface area (Å²) in [6, 6.07) is 12.1. The number of aromatic nitrogens is 2. The number of nitrogens with one attached hydrogen (secondary N) is 1. The largest absolute Gasteiger partial charge is 0.352 e. The van der Waals surface area contributed by atoms with Crippen LogP contribution in [-0.2, 0) is 11.3 Å². The second kappa shape index (κ2) is 8.57. The fourth-order valence-corrected chi connectivity index (χ4v) is 5.06. The molecule has 1 heterocycles. The van der Waals surface area contributed by atoms with Crippen LogP contribution in [0, 0.1) is 5.92 Å². The summed E-state index contributed by atoms with van der Waals surface area (Å²) in [5, 5.41) is 6.49. The molecule has 1 aliphatic rings. The van der Waals surface area contributed by atoms with Gasteiger partial charge in [0, 0.05) is 12.6 Å². The van der Waals surface area contributed by atoms with Gasteiger partial charge in [0.15, 0.2) is 5.16 Å². The van der Waals surface area contributed by atoms with Crippen LogP contribution in [0.4, 0.5) is 0 Å². The fourth-order valence-electron chi connectivity index (χ4n) is 4.19. The summed E-state index contributed by atoms with van der Waals surface area (Å²) in [7, 11) is 0. The zero-order valence-electron chi connectivity index (χ0n) is 17.0. The predicted octanol–water partition coefficient (Wildman–Crippen LogP) is 4.36. The van der Waals surface area contributed by atoms with Crippen molar-refractivity contribution in [1.29, 1.82) is 0 Å². The van der Waals surface area contributed by atoms with Gasteiger partial charge < -0.3 is 5.32 Å². The number of carbonyl (C=O) groups is 1. The molecule has 152 valence electrons. The highest BCUT2D eigenvalue weighted by Gasteiger charge is 2.23. The summed E-state index contributed by atoms with van der Waals surface area (Å²) in [6.45, 7) is 4.67. The van der Waals surface area contributed by atoms with Crippen LogP contribution in [0.3, 0.4) is 0 Å². The molecule has 0 aliphatic heterocycles. The van der Waals surface area contributed by atoms with Gasteiger partial charge in [0.25, 0.3) is 5.56 Å². The Balaban J connectivity index is 1.58. The van der Waals surface area contributed by atoms with Gasteiger partial charge in [0.05, 0.1) is 16.7 Å². The molecule has 4 rings (SSSR count). The molecule has 1 aromatic heterocycles. The number of benzene rings is 2. The van der Waals surface area contributed by atoms with Crippen LogP contribution in [0.15, 0.2) is 46.3 Å². The van der Waals surface area contributed by atoms with Crippen molar-refractivity contribution in [3.63, 3.8) is 0 Å². The van der Waals surface area contributed by atoms with Crippen LogP contribution < -0.4 is 10.9 Å². The number of hydrogen-bond donors (Lipinski definition) is 1. The molecule has 0 spiro atoms. The van der Waals surface area contributed by atoms with Gasteiger partial charge in [-0.05, 0) is 48.6 Å². The molecule has 1 amide bonds. The maximum Gasteiger partial charge on any atom is 0.262 e. The number of fused-ring (bicyclic) bond motifs is 2. The maximum absolute atomic E-state index is 13.0. The van der Waals surface area contributed by atoms with Crippen molar-refractivity contribution in [1.82, 2.24) is 14.9 Å². The zero-order chi connectivity index (χ0) is 20.4. The van der Waals surface area contributed by atoms with Crippen molar-refractivity contribution in [3.05, 3.63) is 46.8 Å². The van der Waals surface area contributed by atoms with Crippen LogP contribution in [0.2, 0.25) is 0 Å². The number of carbonyl (C=O) groups excluding carboxylic acids is 1. The van der Waals surface area contributed by atoms with Gasteiger partial charge in [-0.3, -0.25) is 14.2 Å². The Hall–Kier alpha value is -2.34. The Morgan fingerprint density at radius 3 is 2.66 bits per heavy atom. The normalized spacial score (nSPS) is 19.5. The molecular formula is C23H27N3O2S. The third kappa shape index (κ3) is 4.17. The van der Waals surface area contributed by atoms with E-state index in [1.165, 1.54) is 31.0 Å². The summed E-state index contributed by atoms with van der Waals surface area (Å²) >= 11 is 1.34. The topological polar surface area (TPSA) is 64.0 Å². The number of rotatable bonds is 5. The van der Waals surface area contributed by atoms with Gasteiger partial charge in [-0.15, -0.1) is 0 Å². The van der Waals surface area contributed by atoms with Gasteiger partial charge in [0.1, 0.15) is 0 Å². The third-order valence-electron chi connectivity index (χ3n) is 5.89. The van der Waals surface area contributed by atoms with Crippen LogP contribution in [0.1, 0.15) is 39.5 Å². The highest BCUT2D eigenvalue weighted by Crippen LogP contribution is 2.25. The van der Waals surface area contributed by atoms with E-state index in [-0.39, 0.29) is 23.3 Å². The van der Waals surface area contributed by atoms with E-state index in [0.717, 1.165) is 17.2 Å². The van der Waals surface area contributed by atoms with Crippen molar-refractivity contribution < 1.29 is 4.79 Å². The summed E-state index contributed by atoms with van der Waals surface area (Å²) in [6.07, 6.45) is 4.66. The van der Waals surface area contributed by atoms with Crippen LogP contribution in [-0.4, -0.2) is 27.3 Å². The van der Waals surface area contributed by atoms with E-state index >= 15 is 0 Å². The monoisotopic (exact) mass is 409 g/mol. The number of amides is 1. The molecule has 3 aromatic rings. The minimum atomic E-state index is -0.0490. The maximum atomic E-state index is 13.0. The lowest BCUT2D eigenvalue weighted by Gasteiger charge is -2.29. The molecule has 0 saturated heterocycles. The first-order valence-electron chi connectivity index (χ1n) is 10.4. The Morgan fingerprint density at radius 1 is 1.21 bits per heavy atom. The van der Waals surface area contributed by atoms with Gasteiger partial charge in [-0.2, -0.15) is 0 Å². The van der Waals surface area contributed by atoms with Gasteiger partial charge in [0.2, 0.25) is 5.91 Å². The van der Waals surface area contributed by atoms with Crippen LogP contribution >= 0.6 is 11.8 Å². The quantitative estimate of drug-likeness (QED) is 0.386. The summed E-state index contributed by atoms with van der Waals surface area (Å²) in [4.78, 5) is 30.3. The number of hydrogen-bond acceptors (Lipinski definition) is 4. The van der Waals surface area contributed by atoms with Crippen molar-refractivity contribution in [2.75, 3.05) is 5.75 Å². The molecule has 2 atom stereocenters. The van der Waals surface area contributed by atoms with E-state index < -0.39 is 0 Å².